The average molecular weight is 200 g/mol. The highest BCUT2D eigenvalue weighted by Crippen LogP contribution is 2.27. The van der Waals surface area contributed by atoms with Gasteiger partial charge in [-0.05, 0) is 29.8 Å². The van der Waals surface area contributed by atoms with Crippen molar-refractivity contribution in [2.75, 3.05) is 12.5 Å². The van der Waals surface area contributed by atoms with Crippen LogP contribution in [-0.4, -0.2) is 12.5 Å². The first-order valence-electron chi connectivity index (χ1n) is 3.90. The molecule has 0 radical (unpaired) electrons. The first kappa shape index (κ1) is 9.99. The van der Waals surface area contributed by atoms with Crippen molar-refractivity contribution in [3.8, 4) is 5.75 Å². The summed E-state index contributed by atoms with van der Waals surface area (Å²) in [4.78, 5) is 10.4. The normalized spacial score (nSPS) is 9.69. The second-order valence-electron chi connectivity index (χ2n) is 2.60. The number of alkyl halides is 1. The minimum atomic E-state index is 0.324. The van der Waals surface area contributed by atoms with Gasteiger partial charge in [0.25, 0.3) is 0 Å². The third-order valence-corrected chi connectivity index (χ3v) is 1.70. The highest BCUT2D eigenvalue weighted by atomic mass is 35.5. The summed E-state index contributed by atoms with van der Waals surface area (Å²) in [6.45, 7) is 2.27. The molecule has 0 spiro atoms. The Morgan fingerprint density at radius 3 is 2.92 bits per heavy atom. The Balaban J connectivity index is 2.86. The lowest BCUT2D eigenvalue weighted by molar-refractivity contribution is 0.344. The lowest BCUT2D eigenvalue weighted by Gasteiger charge is -2.05. The largest absolute Gasteiger partial charge is 0.490 e. The molecule has 1 aromatic carbocycles. The molecule has 0 aliphatic carbocycles. The van der Waals surface area contributed by atoms with Crippen LogP contribution < -0.4 is 4.74 Å². The van der Waals surface area contributed by atoms with E-state index in [0.29, 0.717) is 23.9 Å². The van der Waals surface area contributed by atoms with Gasteiger partial charge < -0.3 is 4.74 Å². The monoisotopic (exact) mass is 199 g/mol. The molecule has 0 saturated carbocycles. The summed E-state index contributed by atoms with van der Waals surface area (Å²) in [6.07, 6.45) is 0. The minimum absolute atomic E-state index is 0.324. The van der Waals surface area contributed by atoms with E-state index in [1.807, 2.05) is 13.0 Å². The summed E-state index contributed by atoms with van der Waals surface area (Å²) in [5.41, 5.74) is 1.30. The van der Waals surface area contributed by atoms with E-state index in [2.05, 4.69) is 5.18 Å². The van der Waals surface area contributed by atoms with E-state index >= 15 is 0 Å². The van der Waals surface area contributed by atoms with Crippen molar-refractivity contribution in [2.24, 2.45) is 5.18 Å². The summed E-state index contributed by atoms with van der Waals surface area (Å²) in [5.74, 6) is 0.882. The van der Waals surface area contributed by atoms with Gasteiger partial charge in [-0.15, -0.1) is 16.5 Å². The molecular formula is C9H10ClNO2. The number of benzene rings is 1. The van der Waals surface area contributed by atoms with Crippen LogP contribution >= 0.6 is 11.6 Å². The van der Waals surface area contributed by atoms with Crippen LogP contribution in [0.1, 0.15) is 5.56 Å². The SMILES string of the molecule is Cc1ccc(OCCCl)c(N=O)c1. The summed E-state index contributed by atoms with van der Waals surface area (Å²) >= 11 is 5.44. The molecule has 0 amide bonds. The van der Waals surface area contributed by atoms with Crippen LogP contribution in [0, 0.1) is 11.8 Å². The van der Waals surface area contributed by atoms with Gasteiger partial charge in [0.15, 0.2) is 0 Å². The molecule has 0 atom stereocenters. The summed E-state index contributed by atoms with van der Waals surface area (Å²) in [7, 11) is 0. The third-order valence-electron chi connectivity index (χ3n) is 1.55. The molecule has 0 bridgehead atoms. The summed E-state index contributed by atoms with van der Waals surface area (Å²) < 4.78 is 5.21. The van der Waals surface area contributed by atoms with Gasteiger partial charge in [-0.3, -0.25) is 0 Å². The van der Waals surface area contributed by atoms with Gasteiger partial charge in [0.2, 0.25) is 0 Å². The smallest absolute Gasteiger partial charge is 0.150 e. The number of halogens is 1. The highest BCUT2D eigenvalue weighted by molar-refractivity contribution is 6.18. The molecule has 0 unspecified atom stereocenters. The van der Waals surface area contributed by atoms with E-state index in [-0.39, 0.29) is 0 Å². The number of hydrogen-bond donors (Lipinski definition) is 0. The molecule has 1 aromatic rings. The van der Waals surface area contributed by atoms with E-state index < -0.39 is 0 Å². The van der Waals surface area contributed by atoms with Gasteiger partial charge in [0.1, 0.15) is 18.0 Å². The minimum Gasteiger partial charge on any atom is -0.490 e. The molecule has 0 N–H and O–H groups in total. The molecule has 0 aromatic heterocycles. The Morgan fingerprint density at radius 2 is 2.31 bits per heavy atom. The molecule has 70 valence electrons. The van der Waals surface area contributed by atoms with E-state index in [9.17, 15) is 4.91 Å². The number of nitrogens with zero attached hydrogens (tertiary/aromatic N) is 1. The number of aryl methyl sites for hydroxylation is 1. The second-order valence-corrected chi connectivity index (χ2v) is 2.98. The summed E-state index contributed by atoms with van der Waals surface area (Å²) in [6, 6.07) is 5.26. The van der Waals surface area contributed by atoms with Crippen LogP contribution in [0.25, 0.3) is 0 Å². The van der Waals surface area contributed by atoms with Crippen LogP contribution in [-0.2, 0) is 0 Å². The fourth-order valence-corrected chi connectivity index (χ4v) is 1.05. The maximum absolute atomic E-state index is 10.4. The van der Waals surface area contributed by atoms with Crippen molar-refractivity contribution in [1.29, 1.82) is 0 Å². The Labute approximate surface area is 81.6 Å². The van der Waals surface area contributed by atoms with Crippen molar-refractivity contribution in [3.05, 3.63) is 28.7 Å². The molecule has 0 fully saturated rings. The van der Waals surface area contributed by atoms with E-state index in [1.54, 1.807) is 12.1 Å². The topological polar surface area (TPSA) is 38.7 Å². The quantitative estimate of drug-likeness (QED) is 0.552. The Bertz CT molecular complexity index is 302. The van der Waals surface area contributed by atoms with E-state index in [4.69, 9.17) is 16.3 Å². The summed E-state index contributed by atoms with van der Waals surface area (Å²) in [5, 5.41) is 2.87. The number of hydrogen-bond acceptors (Lipinski definition) is 3. The Kier molecular flexibility index (Phi) is 3.71. The van der Waals surface area contributed by atoms with Gasteiger partial charge in [-0.1, -0.05) is 6.07 Å². The lowest BCUT2D eigenvalue weighted by Crippen LogP contribution is -1.98. The van der Waals surface area contributed by atoms with Gasteiger partial charge in [-0.25, -0.2) is 0 Å². The van der Waals surface area contributed by atoms with E-state index in [1.165, 1.54) is 0 Å². The van der Waals surface area contributed by atoms with Gasteiger partial charge in [0.05, 0.1) is 5.88 Å². The number of nitroso groups, excluding NO2 is 1. The molecule has 0 aliphatic heterocycles. The van der Waals surface area contributed by atoms with Crippen molar-refractivity contribution in [1.82, 2.24) is 0 Å². The van der Waals surface area contributed by atoms with Crippen molar-refractivity contribution in [3.63, 3.8) is 0 Å². The van der Waals surface area contributed by atoms with E-state index in [0.717, 1.165) is 5.56 Å². The fraction of sp³-hybridized carbons (Fsp3) is 0.333. The van der Waals surface area contributed by atoms with Crippen molar-refractivity contribution < 1.29 is 4.74 Å². The highest BCUT2D eigenvalue weighted by Gasteiger charge is 2.03. The second kappa shape index (κ2) is 4.82. The molecule has 0 aliphatic rings. The molecule has 1 rings (SSSR count). The molecule has 13 heavy (non-hydrogen) atoms. The Morgan fingerprint density at radius 1 is 1.54 bits per heavy atom. The van der Waals surface area contributed by atoms with Crippen LogP contribution in [0.5, 0.6) is 5.75 Å². The zero-order chi connectivity index (χ0) is 9.68. The molecular weight excluding hydrogens is 190 g/mol. The van der Waals surface area contributed by atoms with Gasteiger partial charge >= 0.3 is 0 Å². The van der Waals surface area contributed by atoms with Gasteiger partial charge in [-0.2, -0.15) is 0 Å². The van der Waals surface area contributed by atoms with Crippen LogP contribution in [0.2, 0.25) is 0 Å². The van der Waals surface area contributed by atoms with Crippen LogP contribution in [0.3, 0.4) is 0 Å². The zero-order valence-corrected chi connectivity index (χ0v) is 8.04. The average Bonchev–Trinajstić information content (AvgIpc) is 2.16. The maximum Gasteiger partial charge on any atom is 0.150 e. The van der Waals surface area contributed by atoms with Gasteiger partial charge in [0, 0.05) is 0 Å². The van der Waals surface area contributed by atoms with Crippen molar-refractivity contribution in [2.45, 2.75) is 6.92 Å². The van der Waals surface area contributed by atoms with Crippen LogP contribution in [0.15, 0.2) is 23.4 Å². The zero-order valence-electron chi connectivity index (χ0n) is 7.29. The molecule has 0 heterocycles. The maximum atomic E-state index is 10.4. The standard InChI is InChI=1S/C9H10ClNO2/c1-7-2-3-9(13-5-4-10)8(6-7)11-12/h2-3,6H,4-5H2,1H3. The predicted molar refractivity (Wildman–Crippen MR) is 52.8 cm³/mol. The fourth-order valence-electron chi connectivity index (χ4n) is 0.969. The van der Waals surface area contributed by atoms with Crippen molar-refractivity contribution >= 4 is 17.3 Å². The molecule has 0 saturated heterocycles. The predicted octanol–water partition coefficient (Wildman–Crippen LogP) is 3.01. The number of ether oxygens (including phenoxy) is 1. The first-order chi connectivity index (χ1) is 6.27. The number of rotatable bonds is 4. The lowest BCUT2D eigenvalue weighted by atomic mass is 10.2. The first-order valence-corrected chi connectivity index (χ1v) is 4.44. The van der Waals surface area contributed by atoms with Crippen LogP contribution in [0.4, 0.5) is 5.69 Å². The molecule has 3 nitrogen and oxygen atoms in total. The third kappa shape index (κ3) is 2.70. The molecule has 4 heteroatoms. The Hall–Kier alpha value is -1.09.